The van der Waals surface area contributed by atoms with Crippen molar-refractivity contribution in [3.05, 3.63) is 0 Å². The van der Waals surface area contributed by atoms with Crippen molar-refractivity contribution in [3.63, 3.8) is 0 Å². The number of hydrogen-bond donors (Lipinski definition) is 0. The van der Waals surface area contributed by atoms with Gasteiger partial charge in [0.1, 0.15) is 32.5 Å². The van der Waals surface area contributed by atoms with E-state index in [4.69, 9.17) is 0 Å². The van der Waals surface area contributed by atoms with Crippen LogP contribution in [0.4, 0.5) is 0 Å². The first-order chi connectivity index (χ1) is 1.41. The molecule has 0 bridgehead atoms. The number of hydrogen-bond acceptors (Lipinski definition) is 1. The first-order valence-corrected chi connectivity index (χ1v) is 1.60. The molecule has 0 heterocycles. The minimum atomic E-state index is 0. The molecule has 0 aliphatic carbocycles. The summed E-state index contributed by atoms with van der Waals surface area (Å²) < 4.78 is 3.88. The zero-order chi connectivity index (χ0) is 2.71. The van der Waals surface area contributed by atoms with E-state index in [1.807, 2.05) is 0 Å². The predicted octanol–water partition coefficient (Wildman–Crippen LogP) is 1.62. The molecule has 0 unspecified atom stereocenters. The molecule has 4 heavy (non-hydrogen) atoms. The van der Waals surface area contributed by atoms with Crippen LogP contribution >= 0.6 is 32.5 Å². The van der Waals surface area contributed by atoms with Crippen LogP contribution in [0, 0.1) is 0 Å². The van der Waals surface area contributed by atoms with Crippen molar-refractivity contribution < 1.29 is 20.0 Å². The molecular weight excluding hydrogens is 239 g/mol. The Balaban J connectivity index is 0. The van der Waals surface area contributed by atoms with Gasteiger partial charge in [0.25, 0.3) is 0 Å². The van der Waals surface area contributed by atoms with Gasteiger partial charge in [0, 0.05) is 17.1 Å². The molecule has 0 saturated heterocycles. The van der Waals surface area contributed by atoms with Crippen LogP contribution < -0.4 is 0 Å². The third-order valence-corrected chi connectivity index (χ3v) is 0. The van der Waals surface area contributed by atoms with Crippen molar-refractivity contribution >= 4 is 32.5 Å². The molecule has 0 N–H and O–H groups in total. The summed E-state index contributed by atoms with van der Waals surface area (Å²) in [7, 11) is 0. The third-order valence-electron chi connectivity index (χ3n) is 0. The minimum Gasteiger partial charge on any atom is -0.230 e. The molecule has 1 radical (unpaired) electrons. The summed E-state index contributed by atoms with van der Waals surface area (Å²) in [5.74, 6) is 0. The predicted molar refractivity (Wildman–Crippen MR) is 18.9 cm³/mol. The normalized spacial score (nSPS) is 4.50. The molecular formula is Br2CuO. The summed E-state index contributed by atoms with van der Waals surface area (Å²) in [4.78, 5) is 0. The van der Waals surface area contributed by atoms with Crippen LogP contribution in [0.25, 0.3) is 0 Å². The first kappa shape index (κ1) is 9.06. The van der Waals surface area contributed by atoms with Crippen molar-refractivity contribution in [1.82, 2.24) is 0 Å². The van der Waals surface area contributed by atoms with E-state index < -0.39 is 0 Å². The topological polar surface area (TPSA) is 9.23 Å². The zero-order valence-corrected chi connectivity index (χ0v) is 5.58. The SMILES string of the molecule is BrOBr.[Cu]. The van der Waals surface area contributed by atoms with Crippen LogP contribution in [0.3, 0.4) is 0 Å². The van der Waals surface area contributed by atoms with Gasteiger partial charge in [-0.25, -0.2) is 2.92 Å². The van der Waals surface area contributed by atoms with Gasteiger partial charge in [-0.2, -0.15) is 0 Å². The molecule has 0 saturated carbocycles. The summed E-state index contributed by atoms with van der Waals surface area (Å²) in [6, 6.07) is 0. The largest absolute Gasteiger partial charge is 0.230 e. The molecule has 0 rings (SSSR count). The summed E-state index contributed by atoms with van der Waals surface area (Å²) in [6.45, 7) is 0. The van der Waals surface area contributed by atoms with Crippen molar-refractivity contribution in [1.29, 1.82) is 0 Å². The van der Waals surface area contributed by atoms with E-state index in [2.05, 4.69) is 35.4 Å². The Kier molecular flexibility index (Phi) is 20.0. The Morgan fingerprint density at radius 1 is 1.25 bits per heavy atom. The van der Waals surface area contributed by atoms with Gasteiger partial charge in [-0.3, -0.25) is 0 Å². The number of halogens is 2. The van der Waals surface area contributed by atoms with Gasteiger partial charge in [0.05, 0.1) is 0 Å². The fourth-order valence-corrected chi connectivity index (χ4v) is 0. The Labute approximate surface area is 52.5 Å². The van der Waals surface area contributed by atoms with E-state index >= 15 is 0 Å². The first-order valence-electron chi connectivity index (χ1n) is 0.309. The molecule has 0 atom stereocenters. The van der Waals surface area contributed by atoms with Gasteiger partial charge in [-0.15, -0.1) is 0 Å². The molecule has 0 aliphatic heterocycles. The van der Waals surface area contributed by atoms with E-state index in [0.29, 0.717) is 0 Å². The summed E-state index contributed by atoms with van der Waals surface area (Å²) >= 11 is 5.12. The van der Waals surface area contributed by atoms with E-state index in [1.54, 1.807) is 0 Å². The van der Waals surface area contributed by atoms with E-state index in [9.17, 15) is 0 Å². The van der Waals surface area contributed by atoms with Crippen LogP contribution in [-0.2, 0) is 20.0 Å². The molecule has 0 aromatic rings. The molecule has 31 valence electrons. The van der Waals surface area contributed by atoms with Gasteiger partial charge in [-0.05, 0) is 0 Å². The summed E-state index contributed by atoms with van der Waals surface area (Å²) in [6.07, 6.45) is 0. The molecule has 1 nitrogen and oxygen atoms in total. The quantitative estimate of drug-likeness (QED) is 0.584. The van der Waals surface area contributed by atoms with E-state index in [1.165, 1.54) is 0 Å². The van der Waals surface area contributed by atoms with Crippen molar-refractivity contribution in [3.8, 4) is 0 Å². The fourth-order valence-electron chi connectivity index (χ4n) is 0. The molecule has 0 aliphatic rings. The zero-order valence-electron chi connectivity index (χ0n) is 1.47. The van der Waals surface area contributed by atoms with Crippen LogP contribution in [0.15, 0.2) is 0 Å². The maximum atomic E-state index is 3.88. The molecule has 4 heteroatoms. The maximum Gasteiger partial charge on any atom is 0.115 e. The second-order valence-corrected chi connectivity index (χ2v) is 1.57. The molecule has 0 amide bonds. The third kappa shape index (κ3) is 9.88. The smallest absolute Gasteiger partial charge is 0.115 e. The Morgan fingerprint density at radius 3 is 1.25 bits per heavy atom. The van der Waals surface area contributed by atoms with E-state index in [0.717, 1.165) is 0 Å². The second kappa shape index (κ2) is 8.83. The minimum absolute atomic E-state index is 0. The van der Waals surface area contributed by atoms with Gasteiger partial charge >= 0.3 is 0 Å². The summed E-state index contributed by atoms with van der Waals surface area (Å²) in [5, 5.41) is 0. The van der Waals surface area contributed by atoms with Crippen LogP contribution in [0.1, 0.15) is 0 Å². The van der Waals surface area contributed by atoms with Gasteiger partial charge in [0.2, 0.25) is 0 Å². The number of rotatable bonds is 0. The summed E-state index contributed by atoms with van der Waals surface area (Å²) in [5.41, 5.74) is 0. The van der Waals surface area contributed by atoms with Crippen molar-refractivity contribution in [2.45, 2.75) is 0 Å². The average Bonchev–Trinajstić information content (AvgIpc) is 0.918. The van der Waals surface area contributed by atoms with Crippen LogP contribution in [0.2, 0.25) is 0 Å². The molecule has 0 aromatic heterocycles. The molecule has 0 spiro atoms. The standard InChI is InChI=1S/Br2O.Cu/c1-3-2;. The molecule has 0 fully saturated rings. The van der Waals surface area contributed by atoms with Gasteiger partial charge in [0.15, 0.2) is 0 Å². The monoisotopic (exact) mass is 237 g/mol. The van der Waals surface area contributed by atoms with Crippen molar-refractivity contribution in [2.75, 3.05) is 0 Å². The van der Waals surface area contributed by atoms with Gasteiger partial charge < -0.3 is 0 Å². The van der Waals surface area contributed by atoms with Crippen LogP contribution in [-0.4, -0.2) is 0 Å². The van der Waals surface area contributed by atoms with Crippen LogP contribution in [0.5, 0.6) is 0 Å². The van der Waals surface area contributed by atoms with E-state index in [-0.39, 0.29) is 17.1 Å². The Bertz CT molecular complexity index is 6.00. The molecule has 0 aromatic carbocycles. The Morgan fingerprint density at radius 2 is 1.25 bits per heavy atom. The Hall–Kier alpha value is 1.44. The van der Waals surface area contributed by atoms with Gasteiger partial charge in [-0.1, -0.05) is 0 Å². The van der Waals surface area contributed by atoms with Crippen molar-refractivity contribution in [2.24, 2.45) is 0 Å². The average molecular weight is 239 g/mol. The fraction of sp³-hybridized carbons (Fsp3) is 0. The second-order valence-electron chi connectivity index (χ2n) is 0.0583. The maximum absolute atomic E-state index is 3.88.